The fraction of sp³-hybridized carbons (Fsp3) is 0.500. The molecule has 3 rings (SSSR count). The number of hydrogen-bond acceptors (Lipinski definition) is 6. The zero-order chi connectivity index (χ0) is 27.7. The largest absolute Gasteiger partial charge is 0.493 e. The van der Waals surface area contributed by atoms with Gasteiger partial charge in [-0.05, 0) is 43.4 Å². The van der Waals surface area contributed by atoms with E-state index in [1.807, 2.05) is 37.3 Å². The number of anilines is 1. The third-order valence-corrected chi connectivity index (χ3v) is 8.05. The highest BCUT2D eigenvalue weighted by Crippen LogP contribution is 2.32. The Morgan fingerprint density at radius 1 is 1.03 bits per heavy atom. The molecule has 0 radical (unpaired) electrons. The fourth-order valence-corrected chi connectivity index (χ4v) is 5.70. The van der Waals surface area contributed by atoms with Crippen molar-refractivity contribution in [2.75, 3.05) is 37.9 Å². The maximum Gasteiger partial charge on any atom is 0.244 e. The summed E-state index contributed by atoms with van der Waals surface area (Å²) in [6.07, 6.45) is 6.02. The van der Waals surface area contributed by atoms with E-state index in [0.717, 1.165) is 41.8 Å². The van der Waals surface area contributed by atoms with Crippen molar-refractivity contribution < 1.29 is 27.5 Å². The average Bonchev–Trinajstić information content (AvgIpc) is 3.42. The second-order valence-electron chi connectivity index (χ2n) is 9.55. The van der Waals surface area contributed by atoms with Gasteiger partial charge in [0.05, 0.1) is 26.2 Å². The number of ether oxygens (including phenoxy) is 2. The molecule has 0 spiro atoms. The van der Waals surface area contributed by atoms with Gasteiger partial charge in [-0.25, -0.2) is 8.42 Å². The highest BCUT2D eigenvalue weighted by atomic mass is 32.2. The summed E-state index contributed by atoms with van der Waals surface area (Å²) in [7, 11) is -0.897. The third-order valence-electron chi connectivity index (χ3n) is 6.91. The van der Waals surface area contributed by atoms with E-state index in [4.69, 9.17) is 9.47 Å². The Hall–Kier alpha value is -3.27. The van der Waals surface area contributed by atoms with E-state index in [1.165, 1.54) is 25.2 Å². The second kappa shape index (κ2) is 13.5. The Balaban J connectivity index is 1.90. The van der Waals surface area contributed by atoms with E-state index < -0.39 is 28.5 Å². The number of carbonyl (C=O) groups excluding carboxylic acids is 2. The van der Waals surface area contributed by atoms with Crippen LogP contribution in [-0.2, 0) is 26.0 Å². The van der Waals surface area contributed by atoms with Crippen LogP contribution in [0.25, 0.3) is 0 Å². The van der Waals surface area contributed by atoms with Gasteiger partial charge in [-0.1, -0.05) is 50.1 Å². The molecule has 1 saturated carbocycles. The first-order chi connectivity index (χ1) is 18.2. The van der Waals surface area contributed by atoms with Crippen molar-refractivity contribution in [2.45, 2.75) is 57.5 Å². The molecule has 10 heteroatoms. The molecule has 1 fully saturated rings. The van der Waals surface area contributed by atoms with Crippen LogP contribution in [0.15, 0.2) is 48.5 Å². The van der Waals surface area contributed by atoms with Crippen LogP contribution in [-0.4, -0.2) is 70.8 Å². The van der Waals surface area contributed by atoms with E-state index in [0.29, 0.717) is 24.3 Å². The van der Waals surface area contributed by atoms with Crippen molar-refractivity contribution >= 4 is 27.5 Å². The smallest absolute Gasteiger partial charge is 0.244 e. The Labute approximate surface area is 226 Å². The van der Waals surface area contributed by atoms with Crippen molar-refractivity contribution in [2.24, 2.45) is 0 Å². The van der Waals surface area contributed by atoms with E-state index in [1.54, 1.807) is 12.1 Å². The van der Waals surface area contributed by atoms with Gasteiger partial charge in [0.1, 0.15) is 12.6 Å². The molecule has 9 nitrogen and oxygen atoms in total. The predicted molar refractivity (Wildman–Crippen MR) is 148 cm³/mol. The number of nitrogens with one attached hydrogen (secondary N) is 1. The Kier molecular flexibility index (Phi) is 10.4. The number of rotatable bonds is 13. The van der Waals surface area contributed by atoms with Gasteiger partial charge in [0.2, 0.25) is 21.8 Å². The maximum atomic E-state index is 13.8. The van der Waals surface area contributed by atoms with Crippen LogP contribution < -0.4 is 19.1 Å². The van der Waals surface area contributed by atoms with Crippen LogP contribution in [0.2, 0.25) is 0 Å². The SMILES string of the molecule is CC[C@@H](C(=O)NC1CCCC1)N(CCc1ccccc1)C(=O)CN(c1ccc(OC)c(OC)c1)S(C)(=O)=O. The van der Waals surface area contributed by atoms with Gasteiger partial charge in [-0.3, -0.25) is 13.9 Å². The lowest BCUT2D eigenvalue weighted by Crippen LogP contribution is -2.54. The second-order valence-corrected chi connectivity index (χ2v) is 11.5. The minimum absolute atomic E-state index is 0.113. The van der Waals surface area contributed by atoms with Crippen LogP contribution in [0.5, 0.6) is 11.5 Å². The van der Waals surface area contributed by atoms with E-state index in [2.05, 4.69) is 5.32 Å². The maximum absolute atomic E-state index is 13.8. The third kappa shape index (κ3) is 7.63. The lowest BCUT2D eigenvalue weighted by Gasteiger charge is -2.33. The molecule has 208 valence electrons. The first kappa shape index (κ1) is 29.3. The van der Waals surface area contributed by atoms with E-state index >= 15 is 0 Å². The summed E-state index contributed by atoms with van der Waals surface area (Å²) >= 11 is 0. The standard InChI is InChI=1S/C28H39N3O6S/c1-5-24(28(33)29-22-13-9-10-14-22)30(18-17-21-11-7-6-8-12-21)27(32)20-31(38(4,34)35)23-15-16-25(36-2)26(19-23)37-3/h6-8,11-12,15-16,19,22,24H,5,9-10,13-14,17-18,20H2,1-4H3,(H,29,33)/t24-/m0/s1. The van der Waals surface area contributed by atoms with Gasteiger partial charge in [-0.2, -0.15) is 0 Å². The molecule has 1 N–H and O–H groups in total. The highest BCUT2D eigenvalue weighted by Gasteiger charge is 2.33. The summed E-state index contributed by atoms with van der Waals surface area (Å²) in [4.78, 5) is 28.6. The number of amides is 2. The van der Waals surface area contributed by atoms with E-state index in [9.17, 15) is 18.0 Å². The van der Waals surface area contributed by atoms with Crippen molar-refractivity contribution in [3.8, 4) is 11.5 Å². The first-order valence-electron chi connectivity index (χ1n) is 13.0. The summed E-state index contributed by atoms with van der Waals surface area (Å²) in [5.41, 5.74) is 1.29. The molecule has 0 unspecified atom stereocenters. The normalized spacial score (nSPS) is 14.5. The molecule has 1 atom stereocenters. The number of carbonyl (C=O) groups is 2. The van der Waals surface area contributed by atoms with Crippen molar-refractivity contribution in [1.82, 2.24) is 10.2 Å². The molecule has 1 aliphatic carbocycles. The van der Waals surface area contributed by atoms with Gasteiger partial charge in [0, 0.05) is 18.7 Å². The number of methoxy groups -OCH3 is 2. The number of nitrogens with zero attached hydrogens (tertiary/aromatic N) is 2. The van der Waals surface area contributed by atoms with Crippen LogP contribution in [0.1, 0.15) is 44.6 Å². The molecule has 0 aromatic heterocycles. The molecular formula is C28H39N3O6S. The van der Waals surface area contributed by atoms with Crippen molar-refractivity contribution in [3.05, 3.63) is 54.1 Å². The summed E-state index contributed by atoms with van der Waals surface area (Å²) in [5, 5.41) is 3.11. The van der Waals surface area contributed by atoms with Crippen LogP contribution in [0.3, 0.4) is 0 Å². The van der Waals surface area contributed by atoms with Gasteiger partial charge < -0.3 is 19.7 Å². The molecule has 0 bridgehead atoms. The minimum atomic E-state index is -3.84. The zero-order valence-corrected chi connectivity index (χ0v) is 23.5. The summed E-state index contributed by atoms with van der Waals surface area (Å²) in [6.45, 7) is 1.70. The molecule has 2 aromatic rings. The van der Waals surface area contributed by atoms with Crippen molar-refractivity contribution in [3.63, 3.8) is 0 Å². The lowest BCUT2D eigenvalue weighted by atomic mass is 10.1. The van der Waals surface area contributed by atoms with Crippen LogP contribution in [0, 0.1) is 0 Å². The van der Waals surface area contributed by atoms with Crippen LogP contribution >= 0.6 is 0 Å². The molecule has 2 aromatic carbocycles. The molecule has 0 aliphatic heterocycles. The lowest BCUT2D eigenvalue weighted by molar-refractivity contribution is -0.139. The Bertz CT molecular complexity index is 1180. The Morgan fingerprint density at radius 3 is 2.26 bits per heavy atom. The molecular weight excluding hydrogens is 506 g/mol. The monoisotopic (exact) mass is 545 g/mol. The summed E-state index contributed by atoms with van der Waals surface area (Å²) in [5.74, 6) is 0.136. The quantitative estimate of drug-likeness (QED) is 0.414. The van der Waals surface area contributed by atoms with Gasteiger partial charge in [-0.15, -0.1) is 0 Å². The molecule has 0 saturated heterocycles. The highest BCUT2D eigenvalue weighted by molar-refractivity contribution is 7.92. The van der Waals surface area contributed by atoms with E-state index in [-0.39, 0.29) is 24.2 Å². The molecule has 0 heterocycles. The zero-order valence-electron chi connectivity index (χ0n) is 22.7. The van der Waals surface area contributed by atoms with Gasteiger partial charge in [0.25, 0.3) is 0 Å². The number of benzene rings is 2. The predicted octanol–water partition coefficient (Wildman–Crippen LogP) is 3.38. The number of sulfonamides is 1. The molecule has 2 amide bonds. The van der Waals surface area contributed by atoms with Gasteiger partial charge >= 0.3 is 0 Å². The molecule has 1 aliphatic rings. The van der Waals surface area contributed by atoms with Crippen molar-refractivity contribution in [1.29, 1.82) is 0 Å². The fourth-order valence-electron chi connectivity index (χ4n) is 4.86. The Morgan fingerprint density at radius 2 is 1.68 bits per heavy atom. The minimum Gasteiger partial charge on any atom is -0.493 e. The molecule has 38 heavy (non-hydrogen) atoms. The summed E-state index contributed by atoms with van der Waals surface area (Å²) < 4.78 is 37.3. The summed E-state index contributed by atoms with van der Waals surface area (Å²) in [6, 6.07) is 13.8. The number of hydrogen-bond donors (Lipinski definition) is 1. The van der Waals surface area contributed by atoms with Crippen LogP contribution in [0.4, 0.5) is 5.69 Å². The van der Waals surface area contributed by atoms with Gasteiger partial charge in [0.15, 0.2) is 11.5 Å². The topological polar surface area (TPSA) is 105 Å². The first-order valence-corrected chi connectivity index (χ1v) is 14.9. The average molecular weight is 546 g/mol.